The number of hydrogen-bond acceptors (Lipinski definition) is 5. The van der Waals surface area contributed by atoms with Crippen molar-refractivity contribution in [3.8, 4) is 0 Å². The van der Waals surface area contributed by atoms with Crippen molar-refractivity contribution in [2.75, 3.05) is 18.0 Å². The van der Waals surface area contributed by atoms with Crippen LogP contribution in [0.2, 0.25) is 0 Å². The van der Waals surface area contributed by atoms with E-state index in [2.05, 4.69) is 29.0 Å². The molecule has 1 aliphatic rings. The zero-order valence-electron chi connectivity index (χ0n) is 17.5. The lowest BCUT2D eigenvalue weighted by molar-refractivity contribution is 0.231. The maximum Gasteiger partial charge on any atom is 0.288 e. The normalized spacial score (nSPS) is 16.1. The predicted molar refractivity (Wildman–Crippen MR) is 123 cm³/mol. The highest BCUT2D eigenvalue weighted by molar-refractivity contribution is 7.92. The third-order valence-corrected chi connectivity index (χ3v) is 5.67. The molecule has 0 aliphatic carbocycles. The molecule has 31 heavy (non-hydrogen) atoms. The molecule has 1 heterocycles. The highest BCUT2D eigenvalue weighted by Crippen LogP contribution is 2.32. The first-order chi connectivity index (χ1) is 14.9. The third-order valence-electron chi connectivity index (χ3n) is 5.06. The second-order valence-corrected chi connectivity index (χ2v) is 9.39. The smallest absolute Gasteiger partial charge is 0.288 e. The summed E-state index contributed by atoms with van der Waals surface area (Å²) < 4.78 is 31.3. The summed E-state index contributed by atoms with van der Waals surface area (Å²) in [5, 5.41) is 0. The van der Waals surface area contributed by atoms with E-state index in [9.17, 15) is 8.42 Å². The molecule has 0 saturated carbocycles. The standard InChI is InChI=1S/C24H25N3O3S/c1-27-16-20-10-6-7-11-22(20)23(19-8-4-3-5-9-19)25-24(27)30-17-18-12-14-21(15-13-18)26-31(2,28)29/h3-15,23,26H,16-17H2,1-2H3/t23-/m0/s1. The average Bonchev–Trinajstić information content (AvgIpc) is 2.89. The second-order valence-electron chi connectivity index (χ2n) is 7.64. The lowest BCUT2D eigenvalue weighted by Crippen LogP contribution is -2.27. The number of nitrogens with zero attached hydrogens (tertiary/aromatic N) is 2. The number of benzene rings is 3. The summed E-state index contributed by atoms with van der Waals surface area (Å²) in [6.07, 6.45) is 1.13. The van der Waals surface area contributed by atoms with E-state index in [-0.39, 0.29) is 6.04 Å². The maximum absolute atomic E-state index is 11.4. The number of aliphatic imine (C=N–C) groups is 1. The van der Waals surface area contributed by atoms with Crippen molar-refractivity contribution in [1.82, 2.24) is 4.90 Å². The predicted octanol–water partition coefficient (Wildman–Crippen LogP) is 4.17. The fourth-order valence-corrected chi connectivity index (χ4v) is 4.18. The molecule has 6 nitrogen and oxygen atoms in total. The van der Waals surface area contributed by atoms with Crippen LogP contribution in [0.1, 0.15) is 28.3 Å². The molecule has 3 aromatic carbocycles. The fraction of sp³-hybridized carbons (Fsp3) is 0.208. The largest absolute Gasteiger partial charge is 0.460 e. The molecular weight excluding hydrogens is 410 g/mol. The topological polar surface area (TPSA) is 71.0 Å². The van der Waals surface area contributed by atoms with Crippen LogP contribution in [0, 0.1) is 0 Å². The van der Waals surface area contributed by atoms with E-state index in [1.807, 2.05) is 54.4 Å². The molecule has 0 aromatic heterocycles. The van der Waals surface area contributed by atoms with Crippen LogP contribution >= 0.6 is 0 Å². The van der Waals surface area contributed by atoms with Crippen molar-refractivity contribution >= 4 is 21.7 Å². The number of nitrogens with one attached hydrogen (secondary N) is 1. The van der Waals surface area contributed by atoms with E-state index < -0.39 is 10.0 Å². The molecule has 0 spiro atoms. The van der Waals surface area contributed by atoms with Crippen LogP contribution in [0.5, 0.6) is 0 Å². The Morgan fingerprint density at radius 2 is 1.68 bits per heavy atom. The van der Waals surface area contributed by atoms with Crippen molar-refractivity contribution in [1.29, 1.82) is 0 Å². The zero-order chi connectivity index (χ0) is 21.8. The molecule has 0 fully saturated rings. The van der Waals surface area contributed by atoms with Crippen molar-refractivity contribution in [2.24, 2.45) is 4.99 Å². The van der Waals surface area contributed by atoms with Gasteiger partial charge < -0.3 is 9.64 Å². The first-order valence-corrected chi connectivity index (χ1v) is 11.9. The van der Waals surface area contributed by atoms with Crippen LogP contribution in [-0.2, 0) is 27.9 Å². The van der Waals surface area contributed by atoms with Crippen LogP contribution < -0.4 is 4.72 Å². The Morgan fingerprint density at radius 3 is 2.39 bits per heavy atom. The molecule has 7 heteroatoms. The zero-order valence-corrected chi connectivity index (χ0v) is 18.3. The van der Waals surface area contributed by atoms with Gasteiger partial charge in [-0.05, 0) is 34.4 Å². The Hall–Kier alpha value is -3.32. The van der Waals surface area contributed by atoms with Gasteiger partial charge in [0.25, 0.3) is 6.02 Å². The van der Waals surface area contributed by atoms with Gasteiger partial charge in [-0.15, -0.1) is 0 Å². The Labute approximate surface area is 183 Å². The third kappa shape index (κ3) is 5.24. The highest BCUT2D eigenvalue weighted by Gasteiger charge is 2.24. The molecule has 0 unspecified atom stereocenters. The maximum atomic E-state index is 11.4. The molecule has 1 atom stereocenters. The molecule has 3 aromatic rings. The highest BCUT2D eigenvalue weighted by atomic mass is 32.2. The summed E-state index contributed by atoms with van der Waals surface area (Å²) in [6.45, 7) is 1.04. The van der Waals surface area contributed by atoms with E-state index in [1.54, 1.807) is 12.1 Å². The quantitative estimate of drug-likeness (QED) is 0.653. The van der Waals surface area contributed by atoms with Gasteiger partial charge in [0.2, 0.25) is 10.0 Å². The molecule has 1 N–H and O–H groups in total. The number of fused-ring (bicyclic) bond motifs is 1. The number of ether oxygens (including phenoxy) is 1. The van der Waals surface area contributed by atoms with Crippen LogP contribution in [0.25, 0.3) is 0 Å². The number of sulfonamides is 1. The second kappa shape index (κ2) is 8.81. The molecule has 160 valence electrons. The minimum absolute atomic E-state index is 0.140. The Bertz CT molecular complexity index is 1180. The summed E-state index contributed by atoms with van der Waals surface area (Å²) in [7, 11) is -1.32. The lowest BCUT2D eigenvalue weighted by atomic mass is 9.95. The van der Waals surface area contributed by atoms with Gasteiger partial charge in [0.05, 0.1) is 6.26 Å². The minimum atomic E-state index is -3.30. The van der Waals surface area contributed by atoms with E-state index in [4.69, 9.17) is 9.73 Å². The molecule has 0 radical (unpaired) electrons. The number of rotatable bonds is 5. The SMILES string of the molecule is CN1Cc2ccccc2[C@H](c2ccccc2)N=C1OCc1ccc(NS(C)(=O)=O)cc1. The Morgan fingerprint density at radius 1 is 1.00 bits per heavy atom. The molecule has 0 bridgehead atoms. The first-order valence-electron chi connectivity index (χ1n) is 10.0. The van der Waals surface area contributed by atoms with Gasteiger partial charge >= 0.3 is 0 Å². The Balaban J connectivity index is 1.57. The van der Waals surface area contributed by atoms with E-state index in [1.165, 1.54) is 11.1 Å². The van der Waals surface area contributed by atoms with Gasteiger partial charge in [-0.2, -0.15) is 0 Å². The summed E-state index contributed by atoms with van der Waals surface area (Å²) >= 11 is 0. The summed E-state index contributed by atoms with van der Waals surface area (Å²) in [4.78, 5) is 6.99. The summed E-state index contributed by atoms with van der Waals surface area (Å²) in [5.74, 6) is 0. The van der Waals surface area contributed by atoms with E-state index in [0.717, 1.165) is 17.4 Å². The number of anilines is 1. The van der Waals surface area contributed by atoms with Gasteiger partial charge in [0, 0.05) is 19.3 Å². The monoisotopic (exact) mass is 435 g/mol. The van der Waals surface area contributed by atoms with Crippen molar-refractivity contribution < 1.29 is 13.2 Å². The molecule has 4 rings (SSSR count). The van der Waals surface area contributed by atoms with Crippen LogP contribution in [-0.4, -0.2) is 32.6 Å². The average molecular weight is 436 g/mol. The number of amidine groups is 1. The first kappa shape index (κ1) is 20.9. The van der Waals surface area contributed by atoms with Crippen molar-refractivity contribution in [2.45, 2.75) is 19.2 Å². The summed E-state index contributed by atoms with van der Waals surface area (Å²) in [6, 6.07) is 26.1. The molecule has 1 aliphatic heterocycles. The van der Waals surface area contributed by atoms with Gasteiger partial charge in [-0.25, -0.2) is 13.4 Å². The van der Waals surface area contributed by atoms with Crippen LogP contribution in [0.3, 0.4) is 0 Å². The van der Waals surface area contributed by atoms with Gasteiger partial charge in [0.15, 0.2) is 0 Å². The van der Waals surface area contributed by atoms with Crippen LogP contribution in [0.4, 0.5) is 5.69 Å². The minimum Gasteiger partial charge on any atom is -0.460 e. The van der Waals surface area contributed by atoms with E-state index in [0.29, 0.717) is 24.9 Å². The summed E-state index contributed by atoms with van der Waals surface area (Å²) in [5.41, 5.74) is 4.96. The van der Waals surface area contributed by atoms with Gasteiger partial charge in [-0.1, -0.05) is 66.7 Å². The molecular formula is C24H25N3O3S. The fourth-order valence-electron chi connectivity index (χ4n) is 3.61. The number of hydrogen-bond donors (Lipinski definition) is 1. The van der Waals surface area contributed by atoms with Crippen LogP contribution in [0.15, 0.2) is 83.9 Å². The lowest BCUT2D eigenvalue weighted by Gasteiger charge is -2.20. The molecule has 0 amide bonds. The van der Waals surface area contributed by atoms with Crippen molar-refractivity contribution in [3.63, 3.8) is 0 Å². The van der Waals surface area contributed by atoms with E-state index >= 15 is 0 Å². The Kier molecular flexibility index (Phi) is 5.95. The van der Waals surface area contributed by atoms with Gasteiger partial charge in [-0.3, -0.25) is 4.72 Å². The van der Waals surface area contributed by atoms with Crippen molar-refractivity contribution in [3.05, 3.63) is 101 Å². The van der Waals surface area contributed by atoms with Gasteiger partial charge in [0.1, 0.15) is 12.6 Å². The molecule has 0 saturated heterocycles.